The summed E-state index contributed by atoms with van der Waals surface area (Å²) in [6, 6.07) is 3.99. The first-order chi connectivity index (χ1) is 9.32. The lowest BCUT2D eigenvalue weighted by atomic mass is 10.1. The first-order valence-electron chi connectivity index (χ1n) is 5.20. The molecule has 0 radical (unpaired) electrons. The van der Waals surface area contributed by atoms with Crippen molar-refractivity contribution >= 4 is 37.8 Å². The maximum atomic E-state index is 13.5. The Hall–Kier alpha value is -1.74. The minimum atomic E-state index is -4.07. The maximum absolute atomic E-state index is 13.5. The third-order valence-electron chi connectivity index (χ3n) is 2.36. The number of hydrogen-bond donors (Lipinski definition) is 1. The van der Waals surface area contributed by atoms with Gasteiger partial charge in [0, 0.05) is 5.56 Å². The van der Waals surface area contributed by atoms with Crippen LogP contribution in [-0.4, -0.2) is 27.2 Å². The van der Waals surface area contributed by atoms with Crippen LogP contribution in [0.25, 0.3) is 0 Å². The summed E-state index contributed by atoms with van der Waals surface area (Å²) in [5.74, 6) is -1.44. The molecule has 0 saturated carbocycles. The van der Waals surface area contributed by atoms with E-state index in [1.165, 1.54) is 18.2 Å². The molecule has 0 fully saturated rings. The predicted octanol–water partition coefficient (Wildman–Crippen LogP) is 1.28. The van der Waals surface area contributed by atoms with E-state index < -0.39 is 22.0 Å². The van der Waals surface area contributed by atoms with Crippen molar-refractivity contribution in [3.05, 3.63) is 45.8 Å². The van der Waals surface area contributed by atoms with Gasteiger partial charge in [0.25, 0.3) is 0 Å². The van der Waals surface area contributed by atoms with Crippen molar-refractivity contribution in [2.24, 2.45) is 4.40 Å². The van der Waals surface area contributed by atoms with Gasteiger partial charge in [0.05, 0.1) is 17.3 Å². The van der Waals surface area contributed by atoms with Crippen molar-refractivity contribution < 1.29 is 22.3 Å². The van der Waals surface area contributed by atoms with Gasteiger partial charge >= 0.3 is 16.2 Å². The van der Waals surface area contributed by atoms with Crippen molar-refractivity contribution in [2.45, 2.75) is 0 Å². The standard InChI is InChI=1S/C11H8BrFN2O4S/c1-19-11(16)10-5-9(14-20(17,18)15-10)6-2-3-7(12)8(13)4-6/h2-5,15H,1H3. The molecular formula is C11H8BrFN2O4S. The number of hydrogen-bond acceptors (Lipinski definition) is 4. The molecule has 9 heteroatoms. The molecule has 0 saturated heterocycles. The lowest BCUT2D eigenvalue weighted by Crippen LogP contribution is -2.31. The van der Waals surface area contributed by atoms with Crippen LogP contribution in [-0.2, 0) is 19.7 Å². The number of ether oxygens (including phenoxy) is 1. The van der Waals surface area contributed by atoms with Crippen LogP contribution >= 0.6 is 15.9 Å². The van der Waals surface area contributed by atoms with Gasteiger partial charge in [-0.3, -0.25) is 4.72 Å². The molecular weight excluding hydrogens is 355 g/mol. The Bertz CT molecular complexity index is 743. The fourth-order valence-corrected chi connectivity index (χ4v) is 2.62. The number of carbonyl (C=O) groups excluding carboxylic acids is 1. The summed E-state index contributed by atoms with van der Waals surface area (Å²) in [6.07, 6.45) is 1.18. The van der Waals surface area contributed by atoms with E-state index in [0.717, 1.165) is 13.2 Å². The molecule has 0 aromatic heterocycles. The van der Waals surface area contributed by atoms with Crippen LogP contribution in [0.4, 0.5) is 4.39 Å². The van der Waals surface area contributed by atoms with Crippen LogP contribution in [0.5, 0.6) is 0 Å². The lowest BCUT2D eigenvalue weighted by Gasteiger charge is -2.14. The number of nitrogens with one attached hydrogen (secondary N) is 1. The predicted molar refractivity (Wildman–Crippen MR) is 72.8 cm³/mol. The van der Waals surface area contributed by atoms with Gasteiger partial charge in [-0.25, -0.2) is 9.18 Å². The number of nitrogens with zero attached hydrogens (tertiary/aromatic N) is 1. The fraction of sp³-hybridized carbons (Fsp3) is 0.0909. The van der Waals surface area contributed by atoms with E-state index in [-0.39, 0.29) is 21.4 Å². The average Bonchev–Trinajstić information content (AvgIpc) is 2.39. The van der Waals surface area contributed by atoms with E-state index in [1.54, 1.807) is 0 Å². The van der Waals surface area contributed by atoms with Gasteiger partial charge in [0.1, 0.15) is 11.5 Å². The quantitative estimate of drug-likeness (QED) is 0.803. The van der Waals surface area contributed by atoms with Crippen molar-refractivity contribution in [3.8, 4) is 0 Å². The summed E-state index contributed by atoms with van der Waals surface area (Å²) in [4.78, 5) is 11.4. The highest BCUT2D eigenvalue weighted by Crippen LogP contribution is 2.19. The zero-order chi connectivity index (χ0) is 14.9. The molecule has 0 bridgehead atoms. The summed E-state index contributed by atoms with van der Waals surface area (Å²) < 4.78 is 46.6. The largest absolute Gasteiger partial charge is 0.464 e. The number of methoxy groups -OCH3 is 1. The van der Waals surface area contributed by atoms with Crippen molar-refractivity contribution in [2.75, 3.05) is 7.11 Å². The lowest BCUT2D eigenvalue weighted by molar-refractivity contribution is -0.136. The second-order valence-electron chi connectivity index (χ2n) is 3.73. The van der Waals surface area contributed by atoms with E-state index >= 15 is 0 Å². The number of allylic oxidation sites excluding steroid dienone is 1. The zero-order valence-electron chi connectivity index (χ0n) is 10.1. The molecule has 106 valence electrons. The van der Waals surface area contributed by atoms with Gasteiger partial charge in [-0.1, -0.05) is 6.07 Å². The molecule has 0 unspecified atom stereocenters. The van der Waals surface area contributed by atoms with Gasteiger partial charge in [0.2, 0.25) is 0 Å². The summed E-state index contributed by atoms with van der Waals surface area (Å²) >= 11 is 2.99. The molecule has 0 atom stereocenters. The Morgan fingerprint density at radius 2 is 2.15 bits per heavy atom. The number of esters is 1. The number of halogens is 2. The number of carbonyl (C=O) groups is 1. The second-order valence-corrected chi connectivity index (χ2v) is 5.92. The second kappa shape index (κ2) is 5.33. The van der Waals surface area contributed by atoms with Crippen LogP contribution in [0.3, 0.4) is 0 Å². The molecule has 1 aromatic rings. The van der Waals surface area contributed by atoms with Gasteiger partial charge in [-0.05, 0) is 34.1 Å². The highest BCUT2D eigenvalue weighted by molar-refractivity contribution is 9.10. The Kier molecular flexibility index (Phi) is 3.91. The normalized spacial score (nSPS) is 16.8. The Labute approximate surface area is 122 Å². The van der Waals surface area contributed by atoms with E-state index in [2.05, 4.69) is 25.1 Å². The number of benzene rings is 1. The van der Waals surface area contributed by atoms with E-state index in [9.17, 15) is 17.6 Å². The third-order valence-corrected chi connectivity index (χ3v) is 3.92. The summed E-state index contributed by atoms with van der Waals surface area (Å²) in [6.45, 7) is 0. The minimum absolute atomic E-state index is 0.0597. The van der Waals surface area contributed by atoms with Crippen molar-refractivity contribution in [3.63, 3.8) is 0 Å². The first-order valence-corrected chi connectivity index (χ1v) is 7.44. The molecule has 1 aliphatic rings. The highest BCUT2D eigenvalue weighted by Gasteiger charge is 2.24. The van der Waals surface area contributed by atoms with Gasteiger partial charge in [0.15, 0.2) is 0 Å². The van der Waals surface area contributed by atoms with Crippen LogP contribution in [0.2, 0.25) is 0 Å². The molecule has 1 aliphatic heterocycles. The van der Waals surface area contributed by atoms with E-state index in [4.69, 9.17) is 0 Å². The molecule has 1 aromatic carbocycles. The summed E-state index contributed by atoms with van der Waals surface area (Å²) in [5, 5.41) is 0. The third kappa shape index (κ3) is 3.05. The fourth-order valence-electron chi connectivity index (χ4n) is 1.49. The van der Waals surface area contributed by atoms with Gasteiger partial charge in [-0.2, -0.15) is 8.42 Å². The van der Waals surface area contributed by atoms with Gasteiger partial charge in [-0.15, -0.1) is 4.40 Å². The topological polar surface area (TPSA) is 84.8 Å². The van der Waals surface area contributed by atoms with Crippen molar-refractivity contribution in [1.82, 2.24) is 4.72 Å². The Morgan fingerprint density at radius 1 is 1.45 bits per heavy atom. The Balaban J connectivity index is 2.53. The highest BCUT2D eigenvalue weighted by atomic mass is 79.9. The maximum Gasteiger partial charge on any atom is 0.355 e. The molecule has 20 heavy (non-hydrogen) atoms. The minimum Gasteiger partial charge on any atom is -0.464 e. The summed E-state index contributed by atoms with van der Waals surface area (Å²) in [5.41, 5.74) is -0.131. The molecule has 2 rings (SSSR count). The molecule has 0 aliphatic carbocycles. The zero-order valence-corrected chi connectivity index (χ0v) is 12.5. The van der Waals surface area contributed by atoms with Crippen molar-refractivity contribution in [1.29, 1.82) is 0 Å². The van der Waals surface area contributed by atoms with Crippen LogP contribution < -0.4 is 4.72 Å². The molecule has 0 spiro atoms. The monoisotopic (exact) mass is 362 g/mol. The molecule has 0 amide bonds. The van der Waals surface area contributed by atoms with Crippen LogP contribution in [0.15, 0.2) is 38.8 Å². The molecule has 6 nitrogen and oxygen atoms in total. The SMILES string of the molecule is COC(=O)C1=CC(c2ccc(Br)c(F)c2)=NS(=O)(=O)N1. The number of rotatable bonds is 2. The van der Waals surface area contributed by atoms with E-state index in [1.807, 2.05) is 4.72 Å². The van der Waals surface area contributed by atoms with E-state index in [0.29, 0.717) is 0 Å². The van der Waals surface area contributed by atoms with Crippen LogP contribution in [0, 0.1) is 5.82 Å². The molecule has 1 heterocycles. The average molecular weight is 363 g/mol. The smallest absolute Gasteiger partial charge is 0.355 e. The molecule has 1 N–H and O–H groups in total. The Morgan fingerprint density at radius 3 is 2.75 bits per heavy atom. The van der Waals surface area contributed by atoms with Crippen LogP contribution in [0.1, 0.15) is 5.56 Å². The first kappa shape index (κ1) is 14.7. The summed E-state index contributed by atoms with van der Waals surface area (Å²) in [7, 11) is -2.96. The van der Waals surface area contributed by atoms with Gasteiger partial charge < -0.3 is 4.74 Å².